The van der Waals surface area contributed by atoms with E-state index in [-0.39, 0.29) is 41.3 Å². The molecule has 3 aromatic rings. The van der Waals surface area contributed by atoms with Crippen molar-refractivity contribution in [2.75, 3.05) is 23.3 Å². The third-order valence-electron chi connectivity index (χ3n) is 5.32. The second-order valence-electron chi connectivity index (χ2n) is 7.71. The molecule has 4 heterocycles. The zero-order chi connectivity index (χ0) is 23.0. The SMILES string of the molecule is C[C@@H](Nc1ncccc1C(=O)O)c1cc(F)cn2c(=O)cc(N3CCCC(F)(F)C3)nc12. The average molecular weight is 447 g/mol. The van der Waals surface area contributed by atoms with E-state index in [1.54, 1.807) is 6.92 Å². The topological polar surface area (TPSA) is 99.8 Å². The van der Waals surface area contributed by atoms with E-state index < -0.39 is 35.9 Å². The first-order chi connectivity index (χ1) is 15.1. The number of alkyl halides is 2. The van der Waals surface area contributed by atoms with Crippen molar-refractivity contribution in [2.45, 2.75) is 31.7 Å². The lowest BCUT2D eigenvalue weighted by Gasteiger charge is -2.33. The van der Waals surface area contributed by atoms with E-state index in [0.29, 0.717) is 6.54 Å². The smallest absolute Gasteiger partial charge is 0.339 e. The quantitative estimate of drug-likeness (QED) is 0.619. The van der Waals surface area contributed by atoms with Crippen LogP contribution in [0.5, 0.6) is 0 Å². The van der Waals surface area contributed by atoms with Gasteiger partial charge in [-0.15, -0.1) is 0 Å². The van der Waals surface area contributed by atoms with Gasteiger partial charge in [0.25, 0.3) is 11.5 Å². The van der Waals surface area contributed by atoms with E-state index in [1.807, 2.05) is 0 Å². The van der Waals surface area contributed by atoms with Gasteiger partial charge in [-0.1, -0.05) is 0 Å². The standard InChI is InChI=1S/C21H20F3N5O3/c1-12(26-18-14(20(31)32)4-2-6-25-18)15-8-13(22)10-29-17(30)9-16(27-19(15)29)28-7-3-5-21(23,24)11-28/h2,4,6,8-10,12H,3,5,7,11H2,1H3,(H,25,26)(H,31,32)/t12-/m1/s1. The van der Waals surface area contributed by atoms with Crippen molar-refractivity contribution in [3.63, 3.8) is 0 Å². The number of pyridine rings is 2. The van der Waals surface area contributed by atoms with Crippen LogP contribution in [0.15, 0.2) is 41.5 Å². The van der Waals surface area contributed by atoms with E-state index in [1.165, 1.54) is 23.2 Å². The molecule has 0 aromatic carbocycles. The highest BCUT2D eigenvalue weighted by Crippen LogP contribution is 2.30. The van der Waals surface area contributed by atoms with Crippen LogP contribution in [0.25, 0.3) is 5.65 Å². The number of hydrogen-bond acceptors (Lipinski definition) is 6. The number of hydrogen-bond donors (Lipinski definition) is 2. The number of carboxylic acid groups (broad SMARTS) is 1. The summed E-state index contributed by atoms with van der Waals surface area (Å²) < 4.78 is 43.1. The number of carbonyl (C=O) groups is 1. The first kappa shape index (κ1) is 21.6. The van der Waals surface area contributed by atoms with Gasteiger partial charge in [-0.05, 0) is 31.5 Å². The Morgan fingerprint density at radius 2 is 2.12 bits per heavy atom. The summed E-state index contributed by atoms with van der Waals surface area (Å²) in [7, 11) is 0. The summed E-state index contributed by atoms with van der Waals surface area (Å²) >= 11 is 0. The summed E-state index contributed by atoms with van der Waals surface area (Å²) in [5.41, 5.74) is -0.373. The number of aromatic nitrogens is 3. The van der Waals surface area contributed by atoms with Gasteiger partial charge in [0.2, 0.25) is 0 Å². The van der Waals surface area contributed by atoms with Crippen LogP contribution in [0.3, 0.4) is 0 Å². The van der Waals surface area contributed by atoms with Crippen LogP contribution in [0.2, 0.25) is 0 Å². The van der Waals surface area contributed by atoms with Gasteiger partial charge in [-0.25, -0.2) is 27.9 Å². The van der Waals surface area contributed by atoms with Gasteiger partial charge in [-0.2, -0.15) is 0 Å². The van der Waals surface area contributed by atoms with E-state index in [4.69, 9.17) is 0 Å². The molecule has 8 nitrogen and oxygen atoms in total. The lowest BCUT2D eigenvalue weighted by atomic mass is 10.1. The summed E-state index contributed by atoms with van der Waals surface area (Å²) in [4.78, 5) is 33.9. The van der Waals surface area contributed by atoms with Crippen LogP contribution < -0.4 is 15.8 Å². The van der Waals surface area contributed by atoms with Gasteiger partial charge in [0, 0.05) is 37.0 Å². The molecule has 11 heteroatoms. The minimum absolute atomic E-state index is 0.0593. The minimum Gasteiger partial charge on any atom is -0.478 e. The largest absolute Gasteiger partial charge is 0.478 e. The van der Waals surface area contributed by atoms with Crippen LogP contribution >= 0.6 is 0 Å². The highest BCUT2D eigenvalue weighted by molar-refractivity contribution is 5.93. The van der Waals surface area contributed by atoms with Gasteiger partial charge in [0.15, 0.2) is 0 Å². The molecule has 0 spiro atoms. The summed E-state index contributed by atoms with van der Waals surface area (Å²) in [6.07, 6.45) is 2.39. The molecule has 0 aliphatic carbocycles. The number of piperidine rings is 1. The molecule has 4 rings (SSSR count). The molecule has 0 radical (unpaired) electrons. The second kappa shape index (κ2) is 8.13. The fraction of sp³-hybridized carbons (Fsp3) is 0.333. The van der Waals surface area contributed by atoms with Gasteiger partial charge in [0.1, 0.15) is 28.7 Å². The van der Waals surface area contributed by atoms with E-state index in [2.05, 4.69) is 15.3 Å². The predicted molar refractivity (Wildman–Crippen MR) is 111 cm³/mol. The number of carboxylic acids is 1. The molecule has 3 aromatic heterocycles. The maximum atomic E-state index is 14.3. The zero-order valence-corrected chi connectivity index (χ0v) is 17.1. The molecule has 1 aliphatic rings. The van der Waals surface area contributed by atoms with Gasteiger partial charge < -0.3 is 15.3 Å². The van der Waals surface area contributed by atoms with Crippen LogP contribution in [-0.4, -0.2) is 44.5 Å². The fourth-order valence-corrected chi connectivity index (χ4v) is 3.80. The lowest BCUT2D eigenvalue weighted by Crippen LogP contribution is -2.43. The van der Waals surface area contributed by atoms with Gasteiger partial charge >= 0.3 is 5.97 Å². The number of aromatic carboxylic acids is 1. The Bertz CT molecular complexity index is 1250. The maximum absolute atomic E-state index is 14.3. The summed E-state index contributed by atoms with van der Waals surface area (Å²) in [6, 6.07) is 4.40. The third-order valence-corrected chi connectivity index (χ3v) is 5.32. The normalized spacial score (nSPS) is 16.7. The summed E-state index contributed by atoms with van der Waals surface area (Å²) in [5, 5.41) is 12.3. The Hall–Kier alpha value is -3.63. The first-order valence-corrected chi connectivity index (χ1v) is 9.95. The van der Waals surface area contributed by atoms with Crippen LogP contribution in [-0.2, 0) is 0 Å². The Kier molecular flexibility index (Phi) is 5.49. The van der Waals surface area contributed by atoms with Crippen molar-refractivity contribution in [1.82, 2.24) is 14.4 Å². The number of nitrogens with one attached hydrogen (secondary N) is 1. The maximum Gasteiger partial charge on any atom is 0.339 e. The average Bonchev–Trinajstić information content (AvgIpc) is 2.73. The van der Waals surface area contributed by atoms with E-state index >= 15 is 0 Å². The number of fused-ring (bicyclic) bond motifs is 1. The molecule has 1 aliphatic heterocycles. The van der Waals surface area contributed by atoms with Crippen molar-refractivity contribution in [1.29, 1.82) is 0 Å². The van der Waals surface area contributed by atoms with E-state index in [9.17, 15) is 27.9 Å². The predicted octanol–water partition coefficient (Wildman–Crippen LogP) is 3.34. The summed E-state index contributed by atoms with van der Waals surface area (Å²) in [6.45, 7) is 1.39. The molecular weight excluding hydrogens is 427 g/mol. The Morgan fingerprint density at radius 1 is 1.34 bits per heavy atom. The highest BCUT2D eigenvalue weighted by atomic mass is 19.3. The Balaban J connectivity index is 1.78. The van der Waals surface area contributed by atoms with E-state index in [0.717, 1.165) is 22.7 Å². The monoisotopic (exact) mass is 447 g/mol. The van der Waals surface area contributed by atoms with Crippen molar-refractivity contribution >= 4 is 23.3 Å². The highest BCUT2D eigenvalue weighted by Gasteiger charge is 2.36. The van der Waals surface area contributed by atoms with Crippen molar-refractivity contribution in [3.8, 4) is 0 Å². The molecule has 1 fully saturated rings. The van der Waals surface area contributed by atoms with Gasteiger partial charge in [0.05, 0.1) is 12.6 Å². The number of rotatable bonds is 5. The molecule has 1 saturated heterocycles. The van der Waals surface area contributed by atoms with Crippen LogP contribution in [0.1, 0.15) is 41.7 Å². The van der Waals surface area contributed by atoms with Crippen molar-refractivity contribution in [2.24, 2.45) is 0 Å². The van der Waals surface area contributed by atoms with Crippen molar-refractivity contribution in [3.05, 3.63) is 64.0 Å². The fourth-order valence-electron chi connectivity index (χ4n) is 3.80. The Labute approximate surface area is 180 Å². The Morgan fingerprint density at radius 3 is 2.84 bits per heavy atom. The molecule has 1 atom stereocenters. The van der Waals surface area contributed by atoms with Crippen LogP contribution in [0.4, 0.5) is 24.8 Å². The molecule has 0 saturated carbocycles. The van der Waals surface area contributed by atoms with Gasteiger partial charge in [-0.3, -0.25) is 9.20 Å². The second-order valence-corrected chi connectivity index (χ2v) is 7.71. The summed E-state index contributed by atoms with van der Waals surface area (Å²) in [5.74, 6) is -4.65. The van der Waals surface area contributed by atoms with Crippen molar-refractivity contribution < 1.29 is 23.1 Å². The third kappa shape index (κ3) is 4.23. The molecule has 0 bridgehead atoms. The molecule has 32 heavy (non-hydrogen) atoms. The molecule has 0 unspecified atom stereocenters. The molecular formula is C21H20F3N5O3. The molecule has 0 amide bonds. The number of anilines is 2. The first-order valence-electron chi connectivity index (χ1n) is 9.95. The number of halogens is 3. The number of nitrogens with zero attached hydrogens (tertiary/aromatic N) is 4. The minimum atomic E-state index is -2.89. The van der Waals surface area contributed by atoms with Crippen LogP contribution in [0, 0.1) is 5.82 Å². The lowest BCUT2D eigenvalue weighted by molar-refractivity contribution is -0.0118. The zero-order valence-electron chi connectivity index (χ0n) is 17.1. The molecule has 2 N–H and O–H groups in total. The molecule has 168 valence electrons.